The van der Waals surface area contributed by atoms with Gasteiger partial charge in [0, 0.05) is 38.6 Å². The van der Waals surface area contributed by atoms with Gasteiger partial charge < -0.3 is 15.1 Å². The lowest BCUT2D eigenvalue weighted by atomic mass is 10.0. The fourth-order valence-corrected chi connectivity index (χ4v) is 4.18. The van der Waals surface area contributed by atoms with Crippen molar-refractivity contribution in [2.24, 2.45) is 5.92 Å². The van der Waals surface area contributed by atoms with E-state index >= 15 is 0 Å². The summed E-state index contributed by atoms with van der Waals surface area (Å²) >= 11 is 5.26. The molecule has 154 valence electrons. The van der Waals surface area contributed by atoms with Gasteiger partial charge in [-0.05, 0) is 45.5 Å². The van der Waals surface area contributed by atoms with Crippen LogP contribution in [0.4, 0.5) is 0 Å². The number of hydrogen-bond donors (Lipinski definition) is 1. The second kappa shape index (κ2) is 9.82. The van der Waals surface area contributed by atoms with Crippen molar-refractivity contribution in [2.75, 3.05) is 39.3 Å². The molecule has 0 aliphatic carbocycles. The normalized spacial score (nSPS) is 20.5. The predicted molar refractivity (Wildman–Crippen MR) is 112 cm³/mol. The third-order valence-corrected chi connectivity index (χ3v) is 6.05. The summed E-state index contributed by atoms with van der Waals surface area (Å²) in [5, 5.41) is 3.33. The number of rotatable bonds is 9. The Balaban J connectivity index is 1.52. The first-order valence-corrected chi connectivity index (χ1v) is 10.8. The smallest absolute Gasteiger partial charge is 0.251 e. The molecule has 0 radical (unpaired) electrons. The van der Waals surface area contributed by atoms with Crippen LogP contribution in [0.2, 0.25) is 0 Å². The first-order chi connectivity index (χ1) is 12.7. The number of carbonyl (C=O) groups excluding carboxylic acids is 2. The summed E-state index contributed by atoms with van der Waals surface area (Å²) in [4.78, 5) is 30.4. The van der Waals surface area contributed by atoms with Crippen molar-refractivity contribution in [2.45, 2.75) is 65.3 Å². The Morgan fingerprint density at radius 1 is 1.04 bits per heavy atom. The molecule has 2 amide bonds. The van der Waals surface area contributed by atoms with Crippen molar-refractivity contribution in [3.8, 4) is 0 Å². The lowest BCUT2D eigenvalue weighted by molar-refractivity contribution is -0.136. The summed E-state index contributed by atoms with van der Waals surface area (Å²) in [6.07, 6.45) is 5.89. The number of nitrogens with zero attached hydrogens (tertiary/aromatic N) is 3. The largest absolute Gasteiger partial charge is 0.340 e. The summed E-state index contributed by atoms with van der Waals surface area (Å²) in [6, 6.07) is 0. The summed E-state index contributed by atoms with van der Waals surface area (Å²) in [5.74, 6) is 0.390. The molecule has 2 fully saturated rings. The zero-order valence-corrected chi connectivity index (χ0v) is 18.2. The molecular weight excluding hydrogens is 360 g/mol. The van der Waals surface area contributed by atoms with Crippen LogP contribution in [-0.2, 0) is 9.59 Å². The van der Waals surface area contributed by atoms with Gasteiger partial charge in [-0.15, -0.1) is 0 Å². The highest BCUT2D eigenvalue weighted by Crippen LogP contribution is 2.21. The first kappa shape index (κ1) is 22.1. The molecule has 2 saturated heterocycles. The molecule has 2 rings (SSSR count). The predicted octanol–water partition coefficient (Wildman–Crippen LogP) is 2.23. The molecular formula is C20H36N4O2S. The highest BCUT2D eigenvalue weighted by Gasteiger charge is 2.42. The fraction of sp³-hybridized carbons (Fsp3) is 0.850. The summed E-state index contributed by atoms with van der Waals surface area (Å²) in [6.45, 7) is 13.5. The molecule has 0 atom stereocenters. The molecule has 27 heavy (non-hydrogen) atoms. The van der Waals surface area contributed by atoms with E-state index in [2.05, 4.69) is 10.2 Å². The van der Waals surface area contributed by atoms with E-state index in [-0.39, 0.29) is 17.7 Å². The Morgan fingerprint density at radius 2 is 1.59 bits per heavy atom. The van der Waals surface area contributed by atoms with Crippen molar-refractivity contribution in [3.63, 3.8) is 0 Å². The molecule has 0 saturated carbocycles. The Bertz CT molecular complexity index is 542. The lowest BCUT2D eigenvalue weighted by Gasteiger charge is -2.35. The Kier molecular flexibility index (Phi) is 8.04. The minimum absolute atomic E-state index is 0.00249. The summed E-state index contributed by atoms with van der Waals surface area (Å²) in [7, 11) is 0. The van der Waals surface area contributed by atoms with E-state index < -0.39 is 5.54 Å². The van der Waals surface area contributed by atoms with E-state index in [4.69, 9.17) is 12.2 Å². The van der Waals surface area contributed by atoms with E-state index in [1.165, 1.54) is 25.7 Å². The molecule has 2 aliphatic rings. The molecule has 0 bridgehead atoms. The minimum atomic E-state index is -0.518. The maximum atomic E-state index is 12.0. The molecule has 0 aromatic heterocycles. The molecule has 0 spiro atoms. The van der Waals surface area contributed by atoms with Gasteiger partial charge >= 0.3 is 0 Å². The van der Waals surface area contributed by atoms with Gasteiger partial charge in [0.25, 0.3) is 5.91 Å². The van der Waals surface area contributed by atoms with E-state index in [9.17, 15) is 9.59 Å². The van der Waals surface area contributed by atoms with Gasteiger partial charge in [-0.3, -0.25) is 14.5 Å². The van der Waals surface area contributed by atoms with E-state index in [1.54, 1.807) is 0 Å². The van der Waals surface area contributed by atoms with Crippen LogP contribution in [0, 0.1) is 5.92 Å². The highest BCUT2D eigenvalue weighted by molar-refractivity contribution is 7.80. The van der Waals surface area contributed by atoms with Gasteiger partial charge in [-0.1, -0.05) is 33.1 Å². The van der Waals surface area contributed by atoms with Crippen LogP contribution in [0.5, 0.6) is 0 Å². The molecule has 0 aromatic rings. The van der Waals surface area contributed by atoms with Gasteiger partial charge in [0.05, 0.1) is 0 Å². The van der Waals surface area contributed by atoms with Crippen LogP contribution in [0.25, 0.3) is 0 Å². The SMILES string of the molecule is CC(C)C(=O)N1CCN(CCCCCCCN2C(=S)NC(=O)C2(C)C)CC1. The average Bonchev–Trinajstić information content (AvgIpc) is 2.82. The van der Waals surface area contributed by atoms with E-state index in [1.807, 2.05) is 37.5 Å². The maximum absolute atomic E-state index is 12.0. The third kappa shape index (κ3) is 5.88. The monoisotopic (exact) mass is 396 g/mol. The second-order valence-electron chi connectivity index (χ2n) is 8.56. The van der Waals surface area contributed by atoms with Crippen LogP contribution >= 0.6 is 12.2 Å². The number of hydrogen-bond acceptors (Lipinski definition) is 4. The molecule has 7 heteroatoms. The van der Waals surface area contributed by atoms with E-state index in [0.717, 1.165) is 45.7 Å². The van der Waals surface area contributed by atoms with Crippen LogP contribution < -0.4 is 5.32 Å². The van der Waals surface area contributed by atoms with Crippen molar-refractivity contribution < 1.29 is 9.59 Å². The zero-order chi connectivity index (χ0) is 20.0. The lowest BCUT2D eigenvalue weighted by Crippen LogP contribution is -2.49. The van der Waals surface area contributed by atoms with Gasteiger partial charge in [0.15, 0.2) is 5.11 Å². The van der Waals surface area contributed by atoms with Gasteiger partial charge in [-0.2, -0.15) is 0 Å². The fourth-order valence-electron chi connectivity index (χ4n) is 3.77. The molecule has 1 N–H and O–H groups in total. The Labute approximate surface area is 169 Å². The van der Waals surface area contributed by atoms with Gasteiger partial charge in [0.2, 0.25) is 5.91 Å². The zero-order valence-electron chi connectivity index (χ0n) is 17.4. The quantitative estimate of drug-likeness (QED) is 0.478. The molecule has 6 nitrogen and oxygen atoms in total. The number of piperazine rings is 1. The van der Waals surface area contributed by atoms with Crippen LogP contribution in [0.3, 0.4) is 0 Å². The minimum Gasteiger partial charge on any atom is -0.340 e. The number of nitrogens with one attached hydrogen (secondary N) is 1. The van der Waals surface area contributed by atoms with Gasteiger partial charge in [0.1, 0.15) is 5.54 Å². The summed E-state index contributed by atoms with van der Waals surface area (Å²) in [5.41, 5.74) is -0.518. The third-order valence-electron chi connectivity index (χ3n) is 5.73. The Morgan fingerprint density at radius 3 is 2.11 bits per heavy atom. The number of amides is 2. The van der Waals surface area contributed by atoms with E-state index in [0.29, 0.717) is 5.11 Å². The Hall–Kier alpha value is -1.21. The number of thiocarbonyl (C=S) groups is 1. The highest BCUT2D eigenvalue weighted by atomic mass is 32.1. The first-order valence-electron chi connectivity index (χ1n) is 10.4. The van der Waals surface area contributed by atoms with Crippen LogP contribution in [0.15, 0.2) is 0 Å². The van der Waals surface area contributed by atoms with Crippen LogP contribution in [0.1, 0.15) is 59.8 Å². The van der Waals surface area contributed by atoms with Crippen LogP contribution in [-0.4, -0.2) is 76.4 Å². The molecule has 2 heterocycles. The summed E-state index contributed by atoms with van der Waals surface area (Å²) < 4.78 is 0. The van der Waals surface area contributed by atoms with Crippen molar-refractivity contribution >= 4 is 29.1 Å². The number of unbranched alkanes of at least 4 members (excludes halogenated alkanes) is 4. The topological polar surface area (TPSA) is 55.9 Å². The molecule has 0 aromatic carbocycles. The molecule has 0 unspecified atom stereocenters. The van der Waals surface area contributed by atoms with Crippen molar-refractivity contribution in [1.29, 1.82) is 0 Å². The number of carbonyl (C=O) groups is 2. The van der Waals surface area contributed by atoms with Crippen molar-refractivity contribution in [3.05, 3.63) is 0 Å². The maximum Gasteiger partial charge on any atom is 0.251 e. The van der Waals surface area contributed by atoms with Crippen molar-refractivity contribution in [1.82, 2.24) is 20.0 Å². The standard InChI is InChI=1S/C20H36N4O2S/c1-16(2)17(25)23-14-12-22(13-15-23)10-8-6-5-7-9-11-24-19(27)21-18(26)20(24,3)4/h16H,5-15H2,1-4H3,(H,21,26,27). The second-order valence-corrected chi connectivity index (χ2v) is 8.95. The molecule has 2 aliphatic heterocycles. The van der Waals surface area contributed by atoms with Gasteiger partial charge in [-0.25, -0.2) is 0 Å². The average molecular weight is 397 g/mol.